The van der Waals surface area contributed by atoms with Gasteiger partial charge in [0.25, 0.3) is 5.91 Å². The van der Waals surface area contributed by atoms with E-state index in [1.54, 1.807) is 6.07 Å². The number of aryl methyl sites for hydroxylation is 1. The van der Waals surface area contributed by atoms with Gasteiger partial charge in [-0.3, -0.25) is 4.79 Å². The Labute approximate surface area is 172 Å². The highest BCUT2D eigenvalue weighted by Gasteiger charge is 2.36. The van der Waals surface area contributed by atoms with Crippen LogP contribution in [0.5, 0.6) is 0 Å². The van der Waals surface area contributed by atoms with E-state index in [1.807, 2.05) is 17.0 Å². The molecule has 4 rings (SSSR count). The third kappa shape index (κ3) is 4.61. The van der Waals surface area contributed by atoms with Crippen molar-refractivity contribution in [3.05, 3.63) is 65.0 Å². The quantitative estimate of drug-likeness (QED) is 0.812. The first kappa shape index (κ1) is 19.9. The fraction of sp³-hybridized carbons (Fsp3) is 0.458. The first-order chi connectivity index (χ1) is 14.0. The normalized spacial score (nSPS) is 18.0. The molecule has 1 unspecified atom stereocenters. The molecule has 4 nitrogen and oxygen atoms in total. The van der Waals surface area contributed by atoms with E-state index in [0.717, 1.165) is 39.0 Å². The van der Waals surface area contributed by atoms with Crippen LogP contribution in [0.2, 0.25) is 0 Å². The molecular weight excluding hydrogens is 365 g/mol. The smallest absolute Gasteiger partial charge is 0.277 e. The summed E-state index contributed by atoms with van der Waals surface area (Å²) in [6.07, 6.45) is 2.27. The first-order valence-corrected chi connectivity index (χ1v) is 10.7. The van der Waals surface area contributed by atoms with Crippen LogP contribution in [0.25, 0.3) is 0 Å². The molecule has 0 aromatic heterocycles. The van der Waals surface area contributed by atoms with Crippen LogP contribution in [0.4, 0.5) is 10.1 Å². The van der Waals surface area contributed by atoms with Crippen molar-refractivity contribution in [2.45, 2.75) is 39.3 Å². The third-order valence-electron chi connectivity index (χ3n) is 6.46. The minimum absolute atomic E-state index is 0.166. The van der Waals surface area contributed by atoms with Crippen molar-refractivity contribution in [1.29, 1.82) is 0 Å². The summed E-state index contributed by atoms with van der Waals surface area (Å²) in [5.41, 5.74) is 4.61. The Morgan fingerprint density at radius 2 is 1.76 bits per heavy atom. The van der Waals surface area contributed by atoms with Crippen molar-refractivity contribution in [3.63, 3.8) is 0 Å². The highest BCUT2D eigenvalue weighted by molar-refractivity contribution is 5.77. The number of anilines is 1. The molecule has 29 heavy (non-hydrogen) atoms. The van der Waals surface area contributed by atoms with Crippen LogP contribution < -0.4 is 9.80 Å². The second kappa shape index (κ2) is 8.54. The maximum atomic E-state index is 14.1. The summed E-state index contributed by atoms with van der Waals surface area (Å²) in [4.78, 5) is 18.6. The van der Waals surface area contributed by atoms with Gasteiger partial charge in [-0.1, -0.05) is 30.3 Å². The number of carbonyl (C=O) groups excluding carboxylic acids is 1. The fourth-order valence-electron chi connectivity index (χ4n) is 4.31. The van der Waals surface area contributed by atoms with Gasteiger partial charge in [-0.2, -0.15) is 0 Å². The van der Waals surface area contributed by atoms with Crippen LogP contribution in [-0.2, 0) is 11.3 Å². The molecule has 2 aromatic rings. The summed E-state index contributed by atoms with van der Waals surface area (Å²) in [5.74, 6) is 0.0316. The topological polar surface area (TPSA) is 28.0 Å². The Balaban J connectivity index is 1.35. The third-order valence-corrected chi connectivity index (χ3v) is 6.46. The lowest BCUT2D eigenvalue weighted by molar-refractivity contribution is -0.917. The van der Waals surface area contributed by atoms with Crippen molar-refractivity contribution < 1.29 is 14.1 Å². The van der Waals surface area contributed by atoms with Crippen molar-refractivity contribution in [2.24, 2.45) is 0 Å². The second-order valence-electron chi connectivity index (χ2n) is 8.46. The molecule has 5 heteroatoms. The minimum atomic E-state index is -0.166. The molecule has 1 saturated carbocycles. The molecule has 1 N–H and O–H groups in total. The Morgan fingerprint density at radius 3 is 2.45 bits per heavy atom. The van der Waals surface area contributed by atoms with Crippen molar-refractivity contribution in [1.82, 2.24) is 4.90 Å². The molecular formula is C24H31FN3O+. The molecule has 0 bridgehead atoms. The van der Waals surface area contributed by atoms with Gasteiger partial charge in [0.15, 0.2) is 6.54 Å². The lowest BCUT2D eigenvalue weighted by Gasteiger charge is -2.37. The molecule has 1 amide bonds. The number of carbonyl (C=O) groups is 1. The Hall–Kier alpha value is -2.40. The zero-order chi connectivity index (χ0) is 20.4. The molecule has 1 aliphatic heterocycles. The monoisotopic (exact) mass is 396 g/mol. The summed E-state index contributed by atoms with van der Waals surface area (Å²) in [7, 11) is 0. The van der Waals surface area contributed by atoms with Gasteiger partial charge in [-0.05, 0) is 37.1 Å². The molecule has 154 valence electrons. The van der Waals surface area contributed by atoms with Crippen LogP contribution >= 0.6 is 0 Å². The molecule has 1 atom stereocenters. The molecule has 2 fully saturated rings. The Bertz CT molecular complexity index is 872. The number of amides is 1. The van der Waals surface area contributed by atoms with Crippen LogP contribution in [0, 0.1) is 19.7 Å². The number of hydrogen-bond acceptors (Lipinski definition) is 2. The highest BCUT2D eigenvalue weighted by Crippen LogP contribution is 2.24. The number of rotatable bonds is 6. The van der Waals surface area contributed by atoms with Gasteiger partial charge in [-0.25, -0.2) is 4.39 Å². The SMILES string of the molecule is Cc1cccc(N2CCN(C(=O)C[NH+](Cc3ccccc3F)C3CC3)CC2)c1C. The van der Waals surface area contributed by atoms with Gasteiger partial charge in [-0.15, -0.1) is 0 Å². The first-order valence-electron chi connectivity index (χ1n) is 10.7. The van der Waals surface area contributed by atoms with Crippen molar-refractivity contribution in [2.75, 3.05) is 37.6 Å². The fourth-order valence-corrected chi connectivity index (χ4v) is 4.31. The van der Waals surface area contributed by atoms with Gasteiger partial charge in [0.2, 0.25) is 0 Å². The van der Waals surface area contributed by atoms with Crippen molar-refractivity contribution >= 4 is 11.6 Å². The zero-order valence-corrected chi connectivity index (χ0v) is 17.5. The average Bonchev–Trinajstić information content (AvgIpc) is 3.57. The zero-order valence-electron chi connectivity index (χ0n) is 17.5. The van der Waals surface area contributed by atoms with Gasteiger partial charge < -0.3 is 14.7 Å². The van der Waals surface area contributed by atoms with Crippen LogP contribution in [0.1, 0.15) is 29.5 Å². The lowest BCUT2D eigenvalue weighted by Crippen LogP contribution is -3.13. The highest BCUT2D eigenvalue weighted by atomic mass is 19.1. The summed E-state index contributed by atoms with van der Waals surface area (Å²) in [6, 6.07) is 13.9. The number of piperazine rings is 1. The van der Waals surface area contributed by atoms with Gasteiger partial charge in [0.05, 0.1) is 6.04 Å². The molecule has 0 spiro atoms. The maximum absolute atomic E-state index is 14.1. The van der Waals surface area contributed by atoms with E-state index in [4.69, 9.17) is 0 Å². The predicted octanol–water partition coefficient (Wildman–Crippen LogP) is 2.34. The molecule has 1 heterocycles. The van der Waals surface area contributed by atoms with E-state index in [2.05, 4.69) is 36.9 Å². The van der Waals surface area contributed by atoms with Gasteiger partial charge >= 0.3 is 0 Å². The summed E-state index contributed by atoms with van der Waals surface area (Å²) >= 11 is 0. The van der Waals surface area contributed by atoms with E-state index < -0.39 is 0 Å². The minimum Gasteiger partial charge on any atom is -0.368 e. The van der Waals surface area contributed by atoms with Crippen LogP contribution in [-0.4, -0.2) is 49.6 Å². The maximum Gasteiger partial charge on any atom is 0.277 e. The van der Waals surface area contributed by atoms with E-state index in [1.165, 1.54) is 27.8 Å². The number of nitrogens with zero attached hydrogens (tertiary/aromatic N) is 2. The van der Waals surface area contributed by atoms with Crippen LogP contribution in [0.15, 0.2) is 42.5 Å². The van der Waals surface area contributed by atoms with E-state index >= 15 is 0 Å². The molecule has 0 radical (unpaired) electrons. The molecule has 2 aliphatic rings. The van der Waals surface area contributed by atoms with E-state index in [0.29, 0.717) is 24.7 Å². The lowest BCUT2D eigenvalue weighted by atomic mass is 10.1. The summed E-state index contributed by atoms with van der Waals surface area (Å²) < 4.78 is 14.1. The van der Waals surface area contributed by atoms with Crippen LogP contribution in [0.3, 0.4) is 0 Å². The number of quaternary nitrogens is 1. The molecule has 1 aliphatic carbocycles. The number of benzene rings is 2. The van der Waals surface area contributed by atoms with Gasteiger partial charge in [0.1, 0.15) is 12.4 Å². The second-order valence-corrected chi connectivity index (χ2v) is 8.46. The Morgan fingerprint density at radius 1 is 1.03 bits per heavy atom. The van der Waals surface area contributed by atoms with E-state index in [-0.39, 0.29) is 11.7 Å². The van der Waals surface area contributed by atoms with E-state index in [9.17, 15) is 9.18 Å². The molecule has 2 aromatic carbocycles. The number of nitrogens with one attached hydrogen (secondary N) is 1. The molecule has 1 saturated heterocycles. The summed E-state index contributed by atoms with van der Waals surface area (Å²) in [5, 5.41) is 0. The Kier molecular flexibility index (Phi) is 5.86. The average molecular weight is 397 g/mol. The van der Waals surface area contributed by atoms with Gasteiger partial charge in [0, 0.05) is 50.3 Å². The predicted molar refractivity (Wildman–Crippen MR) is 114 cm³/mol. The standard InChI is InChI=1S/C24H30FN3O/c1-18-6-5-9-23(19(18)2)26-12-14-27(15-13-26)24(29)17-28(21-10-11-21)16-20-7-3-4-8-22(20)25/h3-9,21H,10-17H2,1-2H3/p+1. The number of hydrogen-bond donors (Lipinski definition) is 1. The summed E-state index contributed by atoms with van der Waals surface area (Å²) in [6.45, 7) is 8.59. The van der Waals surface area contributed by atoms with Crippen molar-refractivity contribution in [3.8, 4) is 0 Å². The number of halogens is 1. The largest absolute Gasteiger partial charge is 0.368 e.